The second-order valence-electron chi connectivity index (χ2n) is 7.04. The van der Waals surface area contributed by atoms with Gasteiger partial charge in [-0.3, -0.25) is 4.99 Å². The molecule has 5 heteroatoms. The second-order valence-corrected chi connectivity index (χ2v) is 7.04. The quantitative estimate of drug-likeness (QED) is 0.655. The Morgan fingerprint density at radius 3 is 2.64 bits per heavy atom. The molecule has 0 unspecified atom stereocenters. The maximum atomic E-state index is 6.20. The minimum Gasteiger partial charge on any atom is -0.493 e. The highest BCUT2D eigenvalue weighted by atomic mass is 16.5. The molecule has 1 atom stereocenters. The van der Waals surface area contributed by atoms with Gasteiger partial charge < -0.3 is 18.6 Å². The second kappa shape index (κ2) is 8.07. The summed E-state index contributed by atoms with van der Waals surface area (Å²) in [6, 6.07) is 13.9. The molecule has 1 aliphatic rings. The fourth-order valence-corrected chi connectivity index (χ4v) is 3.53. The summed E-state index contributed by atoms with van der Waals surface area (Å²) in [4.78, 5) is 4.88. The third-order valence-electron chi connectivity index (χ3n) is 5.06. The van der Waals surface area contributed by atoms with Gasteiger partial charge in [0.2, 0.25) is 0 Å². The van der Waals surface area contributed by atoms with E-state index in [4.69, 9.17) is 23.6 Å². The number of benzene rings is 2. The highest BCUT2D eigenvalue weighted by molar-refractivity contribution is 5.79. The molecule has 2 heterocycles. The molecular weight excluding hydrogens is 354 g/mol. The summed E-state index contributed by atoms with van der Waals surface area (Å²) in [5.74, 6) is 2.09. The molecule has 5 nitrogen and oxygen atoms in total. The Morgan fingerprint density at radius 1 is 1.04 bits per heavy atom. The summed E-state index contributed by atoms with van der Waals surface area (Å²) >= 11 is 0. The van der Waals surface area contributed by atoms with Crippen LogP contribution in [-0.4, -0.2) is 33.5 Å². The van der Waals surface area contributed by atoms with Gasteiger partial charge in [-0.2, -0.15) is 0 Å². The van der Waals surface area contributed by atoms with E-state index < -0.39 is 0 Å². The Bertz CT molecular complexity index is 1050. The third-order valence-corrected chi connectivity index (χ3v) is 5.06. The zero-order valence-corrected chi connectivity index (χ0v) is 16.5. The van der Waals surface area contributed by atoms with E-state index in [-0.39, 0.29) is 6.10 Å². The molecule has 4 rings (SSSR count). The summed E-state index contributed by atoms with van der Waals surface area (Å²) < 4.78 is 22.7. The number of ether oxygens (including phenoxy) is 3. The molecule has 146 valence electrons. The SMILES string of the molecule is COc1ccc(-c2cc(=NC[C@@H]3CCCO3)c3cc(C)ccc3o2)cc1OC. The molecule has 1 aliphatic heterocycles. The Balaban J connectivity index is 1.83. The van der Waals surface area contributed by atoms with Gasteiger partial charge in [0, 0.05) is 23.6 Å². The van der Waals surface area contributed by atoms with Crippen LogP contribution in [0.1, 0.15) is 18.4 Å². The first kappa shape index (κ1) is 18.6. The van der Waals surface area contributed by atoms with Gasteiger partial charge in [0.05, 0.1) is 32.2 Å². The van der Waals surface area contributed by atoms with Crippen molar-refractivity contribution >= 4 is 11.0 Å². The van der Waals surface area contributed by atoms with E-state index in [1.165, 1.54) is 5.56 Å². The predicted molar refractivity (Wildman–Crippen MR) is 109 cm³/mol. The highest BCUT2D eigenvalue weighted by Crippen LogP contribution is 2.32. The number of fused-ring (bicyclic) bond motifs is 1. The van der Waals surface area contributed by atoms with Crippen LogP contribution < -0.4 is 14.8 Å². The van der Waals surface area contributed by atoms with Crippen LogP contribution in [0.15, 0.2) is 51.9 Å². The Morgan fingerprint density at radius 2 is 1.89 bits per heavy atom. The molecule has 28 heavy (non-hydrogen) atoms. The van der Waals surface area contributed by atoms with Crippen LogP contribution in [0.4, 0.5) is 0 Å². The van der Waals surface area contributed by atoms with Gasteiger partial charge in [-0.1, -0.05) is 11.6 Å². The number of methoxy groups -OCH3 is 2. The van der Waals surface area contributed by atoms with E-state index in [1.807, 2.05) is 36.4 Å². The van der Waals surface area contributed by atoms with Crippen LogP contribution >= 0.6 is 0 Å². The van der Waals surface area contributed by atoms with Gasteiger partial charge in [0.25, 0.3) is 0 Å². The predicted octanol–water partition coefficient (Wildman–Crippen LogP) is 4.51. The smallest absolute Gasteiger partial charge is 0.161 e. The van der Waals surface area contributed by atoms with Gasteiger partial charge in [-0.15, -0.1) is 0 Å². The molecule has 1 fully saturated rings. The molecular formula is C23H25NO4. The van der Waals surface area contributed by atoms with E-state index in [0.717, 1.165) is 47.1 Å². The first-order chi connectivity index (χ1) is 13.7. The Labute approximate surface area is 164 Å². The van der Waals surface area contributed by atoms with E-state index in [0.29, 0.717) is 18.0 Å². The lowest BCUT2D eigenvalue weighted by molar-refractivity contribution is 0.117. The van der Waals surface area contributed by atoms with E-state index in [1.54, 1.807) is 14.2 Å². The average Bonchev–Trinajstić information content (AvgIpc) is 3.25. The van der Waals surface area contributed by atoms with Crippen molar-refractivity contribution in [3.8, 4) is 22.8 Å². The van der Waals surface area contributed by atoms with Crippen molar-refractivity contribution in [2.75, 3.05) is 27.4 Å². The highest BCUT2D eigenvalue weighted by Gasteiger charge is 2.15. The Kier molecular flexibility index (Phi) is 5.35. The zero-order chi connectivity index (χ0) is 19.5. The van der Waals surface area contributed by atoms with Crippen LogP contribution in [0.25, 0.3) is 22.3 Å². The van der Waals surface area contributed by atoms with Crippen molar-refractivity contribution < 1.29 is 18.6 Å². The number of nitrogens with zero attached hydrogens (tertiary/aromatic N) is 1. The van der Waals surface area contributed by atoms with Crippen molar-refractivity contribution in [1.29, 1.82) is 0 Å². The van der Waals surface area contributed by atoms with Gasteiger partial charge in [-0.05, 0) is 50.1 Å². The molecule has 0 N–H and O–H groups in total. The van der Waals surface area contributed by atoms with E-state index in [2.05, 4.69) is 13.0 Å². The lowest BCUT2D eigenvalue weighted by Crippen LogP contribution is -2.13. The van der Waals surface area contributed by atoms with Crippen LogP contribution in [0, 0.1) is 6.92 Å². The zero-order valence-electron chi connectivity index (χ0n) is 16.5. The average molecular weight is 379 g/mol. The molecule has 0 amide bonds. The molecule has 1 saturated heterocycles. The summed E-state index contributed by atoms with van der Waals surface area (Å²) in [6.07, 6.45) is 2.39. The van der Waals surface area contributed by atoms with Crippen LogP contribution in [0.2, 0.25) is 0 Å². The van der Waals surface area contributed by atoms with E-state index in [9.17, 15) is 0 Å². The van der Waals surface area contributed by atoms with Crippen molar-refractivity contribution in [2.24, 2.45) is 4.99 Å². The lowest BCUT2D eigenvalue weighted by Gasteiger charge is -2.11. The first-order valence-electron chi connectivity index (χ1n) is 9.57. The lowest BCUT2D eigenvalue weighted by atomic mass is 10.1. The molecule has 0 radical (unpaired) electrons. The fraction of sp³-hybridized carbons (Fsp3) is 0.348. The van der Waals surface area contributed by atoms with Crippen molar-refractivity contribution in [2.45, 2.75) is 25.9 Å². The Hall–Kier alpha value is -2.79. The van der Waals surface area contributed by atoms with Crippen molar-refractivity contribution in [3.05, 3.63) is 53.4 Å². The molecule has 1 aromatic heterocycles. The van der Waals surface area contributed by atoms with Crippen LogP contribution in [0.3, 0.4) is 0 Å². The number of hydrogen-bond acceptors (Lipinski definition) is 5. The van der Waals surface area contributed by atoms with Gasteiger partial charge in [0.1, 0.15) is 11.3 Å². The maximum absolute atomic E-state index is 6.20. The molecule has 0 spiro atoms. The maximum Gasteiger partial charge on any atom is 0.161 e. The largest absolute Gasteiger partial charge is 0.493 e. The minimum atomic E-state index is 0.210. The van der Waals surface area contributed by atoms with Crippen LogP contribution in [-0.2, 0) is 4.74 Å². The van der Waals surface area contributed by atoms with Crippen molar-refractivity contribution in [3.63, 3.8) is 0 Å². The van der Waals surface area contributed by atoms with Gasteiger partial charge >= 0.3 is 0 Å². The minimum absolute atomic E-state index is 0.210. The summed E-state index contributed by atoms with van der Waals surface area (Å²) in [6.45, 7) is 3.57. The van der Waals surface area contributed by atoms with Gasteiger partial charge in [-0.25, -0.2) is 0 Å². The summed E-state index contributed by atoms with van der Waals surface area (Å²) in [5, 5.41) is 1.94. The number of aryl methyl sites for hydroxylation is 1. The summed E-state index contributed by atoms with van der Waals surface area (Å²) in [7, 11) is 3.26. The molecule has 3 aromatic rings. The third kappa shape index (κ3) is 3.76. The number of rotatable bonds is 5. The molecule has 2 aromatic carbocycles. The monoisotopic (exact) mass is 379 g/mol. The van der Waals surface area contributed by atoms with Gasteiger partial charge in [0.15, 0.2) is 11.5 Å². The molecule has 0 aliphatic carbocycles. The normalized spacial score (nSPS) is 17.2. The standard InChI is InChI=1S/C23H25NO4/c1-15-6-8-20-18(11-15)19(24-14-17-5-4-10-27-17)13-22(28-20)16-7-9-21(25-2)23(12-16)26-3/h6-9,11-13,17H,4-5,10,14H2,1-3H3/t17-/m0/s1. The topological polar surface area (TPSA) is 53.2 Å². The van der Waals surface area contributed by atoms with E-state index >= 15 is 0 Å². The molecule has 0 bridgehead atoms. The number of hydrogen-bond donors (Lipinski definition) is 0. The van der Waals surface area contributed by atoms with Crippen molar-refractivity contribution in [1.82, 2.24) is 0 Å². The fourth-order valence-electron chi connectivity index (χ4n) is 3.53. The molecule has 0 saturated carbocycles. The summed E-state index contributed by atoms with van der Waals surface area (Å²) in [5.41, 5.74) is 2.90. The first-order valence-corrected chi connectivity index (χ1v) is 9.57. The van der Waals surface area contributed by atoms with Crippen LogP contribution in [0.5, 0.6) is 11.5 Å².